The van der Waals surface area contributed by atoms with Gasteiger partial charge in [0.1, 0.15) is 0 Å². The van der Waals surface area contributed by atoms with Crippen molar-refractivity contribution in [2.24, 2.45) is 0 Å². The summed E-state index contributed by atoms with van der Waals surface area (Å²) in [6, 6.07) is 7.06. The standard InChI is InChI=1S/C14H18FN3O/c1-3-16-9-12-7-8-18(17-12)10-11-5-4-6-13(19-2)14(11)15/h4-8,16H,3,9-10H2,1-2H3. The van der Waals surface area contributed by atoms with E-state index in [2.05, 4.69) is 10.4 Å². The molecule has 1 N–H and O–H groups in total. The maximum Gasteiger partial charge on any atom is 0.170 e. The van der Waals surface area contributed by atoms with E-state index >= 15 is 0 Å². The lowest BCUT2D eigenvalue weighted by Crippen LogP contribution is -2.12. The van der Waals surface area contributed by atoms with E-state index in [4.69, 9.17) is 4.74 Å². The summed E-state index contributed by atoms with van der Waals surface area (Å²) < 4.78 is 20.7. The number of ether oxygens (including phenoxy) is 1. The third kappa shape index (κ3) is 3.32. The van der Waals surface area contributed by atoms with Crippen LogP contribution in [0.4, 0.5) is 4.39 Å². The second kappa shape index (κ2) is 6.33. The first-order valence-corrected chi connectivity index (χ1v) is 6.29. The second-order valence-electron chi connectivity index (χ2n) is 4.22. The molecule has 0 spiro atoms. The lowest BCUT2D eigenvalue weighted by Gasteiger charge is -2.07. The van der Waals surface area contributed by atoms with Gasteiger partial charge in [-0.3, -0.25) is 4.68 Å². The summed E-state index contributed by atoms with van der Waals surface area (Å²) in [6.07, 6.45) is 1.85. The van der Waals surface area contributed by atoms with Crippen molar-refractivity contribution in [2.45, 2.75) is 20.0 Å². The van der Waals surface area contributed by atoms with Crippen LogP contribution in [0.15, 0.2) is 30.5 Å². The zero-order chi connectivity index (χ0) is 13.7. The molecule has 0 saturated carbocycles. The molecule has 4 nitrogen and oxygen atoms in total. The fourth-order valence-electron chi connectivity index (χ4n) is 1.85. The Bertz CT molecular complexity index is 539. The van der Waals surface area contributed by atoms with E-state index < -0.39 is 0 Å². The van der Waals surface area contributed by atoms with Crippen molar-refractivity contribution in [3.63, 3.8) is 0 Å². The molecule has 2 aromatic rings. The zero-order valence-electron chi connectivity index (χ0n) is 11.2. The maximum absolute atomic E-state index is 14.0. The summed E-state index contributed by atoms with van der Waals surface area (Å²) in [6.45, 7) is 4.07. The Hall–Kier alpha value is -1.88. The molecular weight excluding hydrogens is 245 g/mol. The lowest BCUT2D eigenvalue weighted by atomic mass is 10.2. The maximum atomic E-state index is 14.0. The van der Waals surface area contributed by atoms with Crippen molar-refractivity contribution in [2.75, 3.05) is 13.7 Å². The summed E-state index contributed by atoms with van der Waals surface area (Å²) in [5.41, 5.74) is 1.52. The summed E-state index contributed by atoms with van der Waals surface area (Å²) in [7, 11) is 1.46. The van der Waals surface area contributed by atoms with Crippen LogP contribution in [0.2, 0.25) is 0 Å². The third-order valence-electron chi connectivity index (χ3n) is 2.85. The average molecular weight is 263 g/mol. The van der Waals surface area contributed by atoms with Gasteiger partial charge in [-0.15, -0.1) is 0 Å². The van der Waals surface area contributed by atoms with Gasteiger partial charge in [0.05, 0.1) is 19.3 Å². The Morgan fingerprint density at radius 3 is 2.95 bits per heavy atom. The Balaban J connectivity index is 2.10. The predicted octanol–water partition coefficient (Wildman–Crippen LogP) is 2.19. The van der Waals surface area contributed by atoms with Gasteiger partial charge in [0.25, 0.3) is 0 Å². The topological polar surface area (TPSA) is 39.1 Å². The molecule has 2 rings (SSSR count). The first-order valence-electron chi connectivity index (χ1n) is 6.29. The SMILES string of the molecule is CCNCc1ccn(Cc2cccc(OC)c2F)n1. The van der Waals surface area contributed by atoms with Gasteiger partial charge in [-0.1, -0.05) is 19.1 Å². The Labute approximate surface area is 112 Å². The van der Waals surface area contributed by atoms with Crippen LogP contribution in [0.3, 0.4) is 0 Å². The number of aromatic nitrogens is 2. The Kier molecular flexibility index (Phi) is 4.52. The molecule has 0 unspecified atom stereocenters. The van der Waals surface area contributed by atoms with Crippen molar-refractivity contribution in [1.29, 1.82) is 0 Å². The van der Waals surface area contributed by atoms with Crippen LogP contribution in [-0.2, 0) is 13.1 Å². The van der Waals surface area contributed by atoms with Crippen molar-refractivity contribution in [3.8, 4) is 5.75 Å². The molecule has 1 heterocycles. The van der Waals surface area contributed by atoms with Gasteiger partial charge in [-0.2, -0.15) is 5.10 Å². The minimum Gasteiger partial charge on any atom is -0.494 e. The number of nitrogens with one attached hydrogen (secondary N) is 1. The molecule has 102 valence electrons. The van der Waals surface area contributed by atoms with Crippen LogP contribution in [0.25, 0.3) is 0 Å². The van der Waals surface area contributed by atoms with Crippen LogP contribution >= 0.6 is 0 Å². The van der Waals surface area contributed by atoms with Gasteiger partial charge in [-0.25, -0.2) is 4.39 Å². The molecule has 0 atom stereocenters. The zero-order valence-corrected chi connectivity index (χ0v) is 11.2. The summed E-state index contributed by atoms with van der Waals surface area (Å²) in [5.74, 6) is -0.0636. The Morgan fingerprint density at radius 1 is 1.37 bits per heavy atom. The highest BCUT2D eigenvalue weighted by molar-refractivity contribution is 5.31. The minimum absolute atomic E-state index is 0.262. The highest BCUT2D eigenvalue weighted by atomic mass is 19.1. The fourth-order valence-corrected chi connectivity index (χ4v) is 1.85. The van der Waals surface area contributed by atoms with E-state index in [-0.39, 0.29) is 11.6 Å². The number of halogens is 1. The van der Waals surface area contributed by atoms with Crippen LogP contribution in [0, 0.1) is 5.82 Å². The third-order valence-corrected chi connectivity index (χ3v) is 2.85. The van der Waals surface area contributed by atoms with Gasteiger partial charge >= 0.3 is 0 Å². The van der Waals surface area contributed by atoms with E-state index in [9.17, 15) is 4.39 Å². The normalized spacial score (nSPS) is 10.7. The van der Waals surface area contributed by atoms with Gasteiger partial charge in [0.15, 0.2) is 11.6 Å². The molecule has 0 aliphatic rings. The van der Waals surface area contributed by atoms with Crippen LogP contribution < -0.4 is 10.1 Å². The molecule has 0 radical (unpaired) electrons. The van der Waals surface area contributed by atoms with Gasteiger partial charge in [0, 0.05) is 18.3 Å². The van der Waals surface area contributed by atoms with Crippen LogP contribution in [-0.4, -0.2) is 23.4 Å². The monoisotopic (exact) mass is 263 g/mol. The molecule has 0 aliphatic heterocycles. The highest BCUT2D eigenvalue weighted by Gasteiger charge is 2.09. The van der Waals surface area contributed by atoms with Crippen molar-refractivity contribution < 1.29 is 9.13 Å². The summed E-state index contributed by atoms with van der Waals surface area (Å²) in [5, 5.41) is 7.59. The number of benzene rings is 1. The molecule has 1 aromatic carbocycles. The molecule has 0 aliphatic carbocycles. The molecule has 0 bridgehead atoms. The first-order chi connectivity index (χ1) is 9.24. The molecule has 0 saturated heterocycles. The predicted molar refractivity (Wildman–Crippen MR) is 71.7 cm³/mol. The number of nitrogens with zero attached hydrogens (tertiary/aromatic N) is 2. The number of hydrogen-bond donors (Lipinski definition) is 1. The smallest absolute Gasteiger partial charge is 0.170 e. The van der Waals surface area contributed by atoms with Gasteiger partial charge in [-0.05, 0) is 18.7 Å². The molecule has 19 heavy (non-hydrogen) atoms. The molecular formula is C14H18FN3O. The number of hydrogen-bond acceptors (Lipinski definition) is 3. The van der Waals surface area contributed by atoms with E-state index in [0.29, 0.717) is 12.1 Å². The fraction of sp³-hybridized carbons (Fsp3) is 0.357. The van der Waals surface area contributed by atoms with Crippen molar-refractivity contribution in [3.05, 3.63) is 47.5 Å². The van der Waals surface area contributed by atoms with E-state index in [1.165, 1.54) is 7.11 Å². The number of rotatable bonds is 6. The Morgan fingerprint density at radius 2 is 2.21 bits per heavy atom. The van der Waals surface area contributed by atoms with Crippen LogP contribution in [0.5, 0.6) is 5.75 Å². The van der Waals surface area contributed by atoms with Crippen molar-refractivity contribution >= 4 is 0 Å². The summed E-state index contributed by atoms with van der Waals surface area (Å²) in [4.78, 5) is 0. The van der Waals surface area contributed by atoms with E-state index in [0.717, 1.165) is 18.8 Å². The van der Waals surface area contributed by atoms with Crippen molar-refractivity contribution in [1.82, 2.24) is 15.1 Å². The highest BCUT2D eigenvalue weighted by Crippen LogP contribution is 2.20. The molecule has 0 fully saturated rings. The molecule has 0 amide bonds. The van der Waals surface area contributed by atoms with Gasteiger partial charge in [0.2, 0.25) is 0 Å². The van der Waals surface area contributed by atoms with E-state index in [1.54, 1.807) is 22.9 Å². The van der Waals surface area contributed by atoms with Crippen LogP contribution in [0.1, 0.15) is 18.2 Å². The largest absolute Gasteiger partial charge is 0.494 e. The van der Waals surface area contributed by atoms with E-state index in [1.807, 2.05) is 19.2 Å². The second-order valence-corrected chi connectivity index (χ2v) is 4.22. The number of methoxy groups -OCH3 is 1. The quantitative estimate of drug-likeness (QED) is 0.868. The first kappa shape index (κ1) is 13.5. The average Bonchev–Trinajstić information content (AvgIpc) is 2.86. The van der Waals surface area contributed by atoms with Gasteiger partial charge < -0.3 is 10.1 Å². The molecule has 1 aromatic heterocycles. The lowest BCUT2D eigenvalue weighted by molar-refractivity contribution is 0.383. The summed E-state index contributed by atoms with van der Waals surface area (Å²) >= 11 is 0. The minimum atomic E-state index is -0.325. The molecule has 5 heteroatoms.